The summed E-state index contributed by atoms with van der Waals surface area (Å²) in [4.78, 5) is 16.1. The van der Waals surface area contributed by atoms with E-state index in [0.717, 1.165) is 5.69 Å². The van der Waals surface area contributed by atoms with Crippen LogP contribution in [0.25, 0.3) is 0 Å². The van der Waals surface area contributed by atoms with Gasteiger partial charge in [-0.1, -0.05) is 6.92 Å². The van der Waals surface area contributed by atoms with Crippen LogP contribution < -0.4 is 0 Å². The average molecular weight is 269 g/mol. The molecule has 100 valence electrons. The number of pyridine rings is 1. The first kappa shape index (κ1) is 14.8. The van der Waals surface area contributed by atoms with E-state index in [1.165, 1.54) is 0 Å². The molecule has 0 bridgehead atoms. The fourth-order valence-corrected chi connectivity index (χ4v) is 2.59. The SMILES string of the molecule is CCS(=O)(=O)CCCC(=O)c1ccc(C)nc1C. The number of aryl methyl sites for hydroxylation is 2. The standard InChI is InChI=1S/C13H19NO3S/c1-4-18(16,17)9-5-6-13(15)12-8-7-10(2)14-11(12)3/h7-8H,4-6,9H2,1-3H3. The fourth-order valence-electron chi connectivity index (χ4n) is 1.71. The molecule has 1 aromatic heterocycles. The summed E-state index contributed by atoms with van der Waals surface area (Å²) in [6.45, 7) is 5.28. The van der Waals surface area contributed by atoms with Gasteiger partial charge in [-0.2, -0.15) is 0 Å². The van der Waals surface area contributed by atoms with Crippen molar-refractivity contribution in [3.63, 3.8) is 0 Å². The predicted octanol–water partition coefficient (Wildman–Crippen LogP) is 2.10. The fraction of sp³-hybridized carbons (Fsp3) is 0.538. The Morgan fingerprint density at radius 1 is 1.28 bits per heavy atom. The Kier molecular flexibility index (Phi) is 5.02. The average Bonchev–Trinajstić information content (AvgIpc) is 2.28. The molecular formula is C13H19NO3S. The summed E-state index contributed by atoms with van der Waals surface area (Å²) in [5.74, 6) is 0.172. The van der Waals surface area contributed by atoms with Gasteiger partial charge in [-0.15, -0.1) is 0 Å². The van der Waals surface area contributed by atoms with Gasteiger partial charge in [0.2, 0.25) is 0 Å². The molecule has 0 aliphatic heterocycles. The van der Waals surface area contributed by atoms with Crippen molar-refractivity contribution in [3.05, 3.63) is 29.1 Å². The third-order valence-corrected chi connectivity index (χ3v) is 4.61. The lowest BCUT2D eigenvalue weighted by molar-refractivity contribution is 0.0981. The van der Waals surface area contributed by atoms with Gasteiger partial charge in [-0.05, 0) is 32.4 Å². The number of Topliss-reactive ketones (excluding diaryl/α,β-unsaturated/α-hetero) is 1. The van der Waals surface area contributed by atoms with E-state index in [0.29, 0.717) is 17.7 Å². The highest BCUT2D eigenvalue weighted by atomic mass is 32.2. The van der Waals surface area contributed by atoms with Crippen LogP contribution in [0.4, 0.5) is 0 Å². The van der Waals surface area contributed by atoms with Gasteiger partial charge in [0.1, 0.15) is 9.84 Å². The van der Waals surface area contributed by atoms with Crippen LogP contribution in [0.15, 0.2) is 12.1 Å². The van der Waals surface area contributed by atoms with Gasteiger partial charge in [0.25, 0.3) is 0 Å². The number of sulfone groups is 1. The third-order valence-electron chi connectivity index (χ3n) is 2.82. The molecular weight excluding hydrogens is 250 g/mol. The van der Waals surface area contributed by atoms with E-state index in [2.05, 4.69) is 4.98 Å². The zero-order chi connectivity index (χ0) is 13.8. The van der Waals surface area contributed by atoms with Gasteiger partial charge >= 0.3 is 0 Å². The number of hydrogen-bond acceptors (Lipinski definition) is 4. The molecule has 0 saturated carbocycles. The molecule has 1 aromatic rings. The van der Waals surface area contributed by atoms with Gasteiger partial charge in [0.05, 0.1) is 5.75 Å². The number of carbonyl (C=O) groups excluding carboxylic acids is 1. The number of ketones is 1. The summed E-state index contributed by atoms with van der Waals surface area (Å²) in [7, 11) is -2.98. The summed E-state index contributed by atoms with van der Waals surface area (Å²) in [5, 5.41) is 0. The van der Waals surface area contributed by atoms with Crippen molar-refractivity contribution >= 4 is 15.6 Å². The van der Waals surface area contributed by atoms with E-state index in [-0.39, 0.29) is 23.7 Å². The van der Waals surface area contributed by atoms with Crippen molar-refractivity contribution in [2.75, 3.05) is 11.5 Å². The van der Waals surface area contributed by atoms with E-state index >= 15 is 0 Å². The number of rotatable bonds is 6. The largest absolute Gasteiger partial charge is 0.294 e. The minimum Gasteiger partial charge on any atom is -0.294 e. The summed E-state index contributed by atoms with van der Waals surface area (Å²) >= 11 is 0. The van der Waals surface area contributed by atoms with Crippen LogP contribution in [0.1, 0.15) is 41.5 Å². The number of carbonyl (C=O) groups is 1. The van der Waals surface area contributed by atoms with Gasteiger partial charge < -0.3 is 0 Å². The van der Waals surface area contributed by atoms with Gasteiger partial charge in [0.15, 0.2) is 5.78 Å². The lowest BCUT2D eigenvalue weighted by Crippen LogP contribution is -2.11. The topological polar surface area (TPSA) is 64.1 Å². The molecule has 4 nitrogen and oxygen atoms in total. The molecule has 5 heteroatoms. The molecule has 0 unspecified atom stereocenters. The Labute approximate surface area is 108 Å². The minimum atomic E-state index is -2.98. The maximum atomic E-state index is 11.9. The van der Waals surface area contributed by atoms with Crippen molar-refractivity contribution in [1.82, 2.24) is 4.98 Å². The van der Waals surface area contributed by atoms with Gasteiger partial charge in [-0.25, -0.2) is 8.42 Å². The van der Waals surface area contributed by atoms with Crippen LogP contribution in [0, 0.1) is 13.8 Å². The second kappa shape index (κ2) is 6.09. The van der Waals surface area contributed by atoms with Crippen molar-refractivity contribution in [3.8, 4) is 0 Å². The first-order chi connectivity index (χ1) is 8.35. The molecule has 0 atom stereocenters. The first-order valence-corrected chi connectivity index (χ1v) is 7.85. The summed E-state index contributed by atoms with van der Waals surface area (Å²) in [6, 6.07) is 3.55. The van der Waals surface area contributed by atoms with E-state index in [1.807, 2.05) is 6.92 Å². The van der Waals surface area contributed by atoms with E-state index in [9.17, 15) is 13.2 Å². The molecule has 18 heavy (non-hydrogen) atoms. The highest BCUT2D eigenvalue weighted by molar-refractivity contribution is 7.91. The Morgan fingerprint density at radius 2 is 1.94 bits per heavy atom. The van der Waals surface area contributed by atoms with Crippen LogP contribution >= 0.6 is 0 Å². The molecule has 0 N–H and O–H groups in total. The Bertz CT molecular complexity index is 535. The normalized spacial score (nSPS) is 11.5. The number of nitrogens with zero attached hydrogens (tertiary/aromatic N) is 1. The van der Waals surface area contributed by atoms with Crippen LogP contribution in [0.3, 0.4) is 0 Å². The van der Waals surface area contributed by atoms with Crippen LogP contribution in [-0.2, 0) is 9.84 Å². The lowest BCUT2D eigenvalue weighted by atomic mass is 10.1. The molecule has 0 aromatic carbocycles. The van der Waals surface area contributed by atoms with Crippen molar-refractivity contribution in [2.24, 2.45) is 0 Å². The zero-order valence-corrected chi connectivity index (χ0v) is 11.9. The lowest BCUT2D eigenvalue weighted by Gasteiger charge is -2.05. The predicted molar refractivity (Wildman–Crippen MR) is 71.6 cm³/mol. The van der Waals surface area contributed by atoms with E-state index < -0.39 is 9.84 Å². The first-order valence-electron chi connectivity index (χ1n) is 6.03. The number of aromatic nitrogens is 1. The van der Waals surface area contributed by atoms with Crippen LogP contribution in [-0.4, -0.2) is 30.7 Å². The third kappa shape index (κ3) is 4.22. The van der Waals surface area contributed by atoms with E-state index in [1.54, 1.807) is 26.0 Å². The highest BCUT2D eigenvalue weighted by Gasteiger charge is 2.12. The molecule has 1 heterocycles. The van der Waals surface area contributed by atoms with Crippen molar-refractivity contribution < 1.29 is 13.2 Å². The summed E-state index contributed by atoms with van der Waals surface area (Å²) < 4.78 is 22.6. The maximum Gasteiger partial charge on any atom is 0.164 e. The number of hydrogen-bond donors (Lipinski definition) is 0. The van der Waals surface area contributed by atoms with Crippen LogP contribution in [0.5, 0.6) is 0 Å². The molecule has 0 aliphatic carbocycles. The monoisotopic (exact) mass is 269 g/mol. The second-order valence-corrected chi connectivity index (χ2v) is 6.82. The smallest absolute Gasteiger partial charge is 0.164 e. The summed E-state index contributed by atoms with van der Waals surface area (Å²) in [5.41, 5.74) is 2.17. The second-order valence-electron chi connectivity index (χ2n) is 4.35. The molecule has 0 amide bonds. The van der Waals surface area contributed by atoms with Gasteiger partial charge in [-0.3, -0.25) is 9.78 Å². The maximum absolute atomic E-state index is 11.9. The molecule has 0 radical (unpaired) electrons. The Hall–Kier alpha value is -1.23. The molecule has 1 rings (SSSR count). The Morgan fingerprint density at radius 3 is 2.50 bits per heavy atom. The van der Waals surface area contributed by atoms with E-state index in [4.69, 9.17) is 0 Å². The van der Waals surface area contributed by atoms with Crippen molar-refractivity contribution in [2.45, 2.75) is 33.6 Å². The zero-order valence-electron chi connectivity index (χ0n) is 11.1. The summed E-state index contributed by atoms with van der Waals surface area (Å²) in [6.07, 6.45) is 0.632. The molecule has 0 spiro atoms. The highest BCUT2D eigenvalue weighted by Crippen LogP contribution is 2.11. The van der Waals surface area contributed by atoms with Gasteiger partial charge in [0, 0.05) is 29.1 Å². The van der Waals surface area contributed by atoms with Crippen molar-refractivity contribution in [1.29, 1.82) is 0 Å². The Balaban J connectivity index is 2.61. The minimum absolute atomic E-state index is 0.0358. The quantitative estimate of drug-likeness (QED) is 0.742. The molecule has 0 aliphatic rings. The van der Waals surface area contributed by atoms with Crippen LogP contribution in [0.2, 0.25) is 0 Å². The molecule has 0 saturated heterocycles. The molecule has 0 fully saturated rings.